The molecule has 5 heteroatoms. The first kappa shape index (κ1) is 39.3. The molecular weight excluding hydrogens is 635 g/mol. The van der Waals surface area contributed by atoms with Crippen molar-refractivity contribution < 1.29 is 19.1 Å². The Balaban J connectivity index is 1.03. The van der Waals surface area contributed by atoms with Crippen LogP contribution in [0.15, 0.2) is 114 Å². The molecule has 0 bridgehead atoms. The van der Waals surface area contributed by atoms with Crippen LogP contribution in [0, 0.1) is 0 Å². The second-order valence-electron chi connectivity index (χ2n) is 13.8. The Morgan fingerprint density at radius 3 is 1.12 bits per heavy atom. The van der Waals surface area contributed by atoms with Crippen molar-refractivity contribution in [2.75, 3.05) is 20.4 Å². The lowest BCUT2D eigenvalue weighted by Gasteiger charge is -2.27. The van der Waals surface area contributed by atoms with Crippen LogP contribution in [0.3, 0.4) is 0 Å². The van der Waals surface area contributed by atoms with E-state index in [9.17, 15) is 9.59 Å². The van der Waals surface area contributed by atoms with Crippen LogP contribution < -0.4 is 15.9 Å². The lowest BCUT2D eigenvalue weighted by Crippen LogP contribution is -2.33. The Bertz CT molecular complexity index is 1410. The van der Waals surface area contributed by atoms with E-state index in [0.717, 1.165) is 12.8 Å². The lowest BCUT2D eigenvalue weighted by molar-refractivity contribution is -0.121. The normalized spacial score (nSPS) is 13.7. The van der Waals surface area contributed by atoms with Gasteiger partial charge in [-0.3, -0.25) is 9.59 Å². The highest BCUT2D eigenvalue weighted by Gasteiger charge is 2.44. The number of allylic oxidation sites excluding steroid dienone is 2. The maximum atomic E-state index is 12.8. The minimum absolute atomic E-state index is 0.0236. The monoisotopic (exact) mass is 695 g/mol. The summed E-state index contributed by atoms with van der Waals surface area (Å²) in [6.07, 6.45) is 22.3. The largest absolute Gasteiger partial charge is 0.489 e. The highest BCUT2D eigenvalue weighted by molar-refractivity contribution is 7.95. The third-order valence-corrected chi connectivity index (χ3v) is 14.9. The number of unbranched alkanes of at least 4 members (excludes halogenated alkanes) is 15. The van der Waals surface area contributed by atoms with E-state index in [2.05, 4.69) is 91.0 Å². The smallest absolute Gasteiger partial charge is 0.228 e. The molecule has 0 fully saturated rings. The molecule has 1 aliphatic carbocycles. The van der Waals surface area contributed by atoms with Gasteiger partial charge < -0.3 is 9.47 Å². The summed E-state index contributed by atoms with van der Waals surface area (Å²) in [4.78, 5) is 25.3. The Labute approximate surface area is 303 Å². The van der Waals surface area contributed by atoms with Gasteiger partial charge in [-0.25, -0.2) is 0 Å². The molecule has 0 saturated carbocycles. The average Bonchev–Trinajstić information content (AvgIpc) is 3.16. The van der Waals surface area contributed by atoms with E-state index < -0.39 is 7.26 Å². The summed E-state index contributed by atoms with van der Waals surface area (Å²) in [5.41, 5.74) is 1.08. The number of methoxy groups -OCH3 is 2. The van der Waals surface area contributed by atoms with Crippen molar-refractivity contribution in [1.82, 2.24) is 0 Å². The molecule has 0 heterocycles. The maximum Gasteiger partial charge on any atom is 0.228 e. The van der Waals surface area contributed by atoms with Crippen LogP contribution in [-0.4, -0.2) is 31.9 Å². The molecule has 0 aliphatic heterocycles. The Morgan fingerprint density at radius 2 is 0.760 bits per heavy atom. The molecule has 3 aromatic carbocycles. The number of carbonyl (C=O) groups excluding carboxylic acids is 2. The third-order valence-electron chi connectivity index (χ3n) is 10.4. The summed E-state index contributed by atoms with van der Waals surface area (Å²) in [5, 5.41) is 4.49. The molecule has 0 radical (unpaired) electrons. The first-order chi connectivity index (χ1) is 24.5. The van der Waals surface area contributed by atoms with E-state index in [0.29, 0.717) is 17.6 Å². The molecule has 0 saturated heterocycles. The number of Topliss-reactive ketones (excluding diaryl/α,β-unsaturated/α-hetero) is 2. The number of hydrogen-bond donors (Lipinski definition) is 0. The van der Waals surface area contributed by atoms with Gasteiger partial charge in [-0.2, -0.15) is 0 Å². The van der Waals surface area contributed by atoms with Crippen molar-refractivity contribution in [3.05, 3.63) is 114 Å². The first-order valence-electron chi connectivity index (χ1n) is 19.2. The second-order valence-corrected chi connectivity index (χ2v) is 17.4. The molecule has 4 nitrogen and oxygen atoms in total. The lowest BCUT2D eigenvalue weighted by atomic mass is 9.89. The zero-order valence-electron chi connectivity index (χ0n) is 31.0. The molecule has 0 unspecified atom stereocenters. The number of ether oxygens (including phenoxy) is 2. The Hall–Kier alpha value is -3.49. The fourth-order valence-electron chi connectivity index (χ4n) is 7.50. The summed E-state index contributed by atoms with van der Waals surface area (Å²) in [5.74, 6) is -0.375. The Morgan fingerprint density at radius 1 is 0.440 bits per heavy atom. The molecular formula is C45H60O4P+. The van der Waals surface area contributed by atoms with Gasteiger partial charge in [0.2, 0.25) is 23.1 Å². The molecule has 0 N–H and O–H groups in total. The van der Waals surface area contributed by atoms with Crippen LogP contribution in [0.2, 0.25) is 0 Å². The fraction of sp³-hybridized carbons (Fsp3) is 0.467. The van der Waals surface area contributed by atoms with Gasteiger partial charge in [0.15, 0.2) is 0 Å². The fourth-order valence-corrected chi connectivity index (χ4v) is 11.9. The van der Waals surface area contributed by atoms with E-state index >= 15 is 0 Å². The quantitative estimate of drug-likeness (QED) is 0.0532. The molecule has 0 aromatic heterocycles. The number of carbonyl (C=O) groups is 2. The average molecular weight is 696 g/mol. The highest BCUT2D eigenvalue weighted by Crippen LogP contribution is 2.56. The molecule has 3 aromatic rings. The van der Waals surface area contributed by atoms with E-state index in [-0.39, 0.29) is 23.1 Å². The van der Waals surface area contributed by atoms with Gasteiger partial charge in [0.05, 0.1) is 20.4 Å². The predicted molar refractivity (Wildman–Crippen MR) is 212 cm³/mol. The summed E-state index contributed by atoms with van der Waals surface area (Å²) >= 11 is 0. The molecule has 4 rings (SSSR count). The van der Waals surface area contributed by atoms with Crippen molar-refractivity contribution >= 4 is 34.7 Å². The van der Waals surface area contributed by atoms with Crippen molar-refractivity contribution in [1.29, 1.82) is 0 Å². The van der Waals surface area contributed by atoms with Crippen LogP contribution in [0.5, 0.6) is 0 Å². The van der Waals surface area contributed by atoms with Crippen LogP contribution >= 0.6 is 7.26 Å². The zero-order valence-corrected chi connectivity index (χ0v) is 31.9. The zero-order chi connectivity index (χ0) is 35.4. The summed E-state index contributed by atoms with van der Waals surface area (Å²) in [6.45, 7) is 1.72. The van der Waals surface area contributed by atoms with Gasteiger partial charge in [0.1, 0.15) is 23.2 Å². The predicted octanol–water partition coefficient (Wildman–Crippen LogP) is 10.6. The number of rotatable bonds is 24. The van der Waals surface area contributed by atoms with E-state index in [4.69, 9.17) is 9.47 Å². The number of benzene rings is 3. The minimum Gasteiger partial charge on any atom is -0.489 e. The number of ketones is 2. The molecule has 1 aliphatic rings. The van der Waals surface area contributed by atoms with Crippen molar-refractivity contribution in [2.24, 2.45) is 0 Å². The van der Waals surface area contributed by atoms with Gasteiger partial charge in [-0.15, -0.1) is 0 Å². The van der Waals surface area contributed by atoms with Gasteiger partial charge in [-0.1, -0.05) is 138 Å². The van der Waals surface area contributed by atoms with Gasteiger partial charge in [0.25, 0.3) is 0 Å². The van der Waals surface area contributed by atoms with Gasteiger partial charge in [-0.05, 0) is 69.0 Å². The maximum absolute atomic E-state index is 12.8. The Kier molecular flexibility index (Phi) is 17.0. The highest BCUT2D eigenvalue weighted by atomic mass is 31.2. The second kappa shape index (κ2) is 21.7. The molecule has 268 valence electrons. The van der Waals surface area contributed by atoms with E-state index in [1.54, 1.807) is 6.92 Å². The molecule has 0 atom stereocenters. The summed E-state index contributed by atoms with van der Waals surface area (Å²) in [7, 11) is 1.12. The first-order valence-corrected chi connectivity index (χ1v) is 21.2. The van der Waals surface area contributed by atoms with Crippen LogP contribution in [0.1, 0.15) is 116 Å². The molecule has 0 amide bonds. The minimum atomic E-state index is -1.69. The summed E-state index contributed by atoms with van der Waals surface area (Å²) < 4.78 is 10.3. The van der Waals surface area contributed by atoms with Gasteiger partial charge >= 0.3 is 0 Å². The number of hydrogen-bond acceptors (Lipinski definition) is 4. The van der Waals surface area contributed by atoms with Crippen molar-refractivity contribution in [3.8, 4) is 0 Å². The third kappa shape index (κ3) is 10.8. The topological polar surface area (TPSA) is 52.6 Å². The van der Waals surface area contributed by atoms with Crippen molar-refractivity contribution in [3.63, 3.8) is 0 Å². The van der Waals surface area contributed by atoms with Crippen LogP contribution in [0.25, 0.3) is 0 Å². The molecule has 0 spiro atoms. The summed E-state index contributed by atoms with van der Waals surface area (Å²) in [6, 6.07) is 33.8. The van der Waals surface area contributed by atoms with Crippen LogP contribution in [-0.2, 0) is 19.1 Å². The van der Waals surface area contributed by atoms with E-state index in [1.807, 2.05) is 0 Å². The van der Waals surface area contributed by atoms with Gasteiger partial charge in [0, 0.05) is 11.1 Å². The van der Waals surface area contributed by atoms with Crippen molar-refractivity contribution in [2.45, 2.75) is 116 Å². The molecule has 50 heavy (non-hydrogen) atoms. The van der Waals surface area contributed by atoms with E-state index in [1.165, 1.54) is 126 Å². The SMILES string of the molecule is COC1=C(OC)C(=O)C(CCCCCCCCCCCCCCCCCC[P+](c2ccccc2)(c2ccccc2)c2ccccc2)=C(C)C1=O. The standard InChI is InChI=1S/C45H60O4P/c1-37-41(43(47)45(49-3)44(48-2)42(37)46)35-27-16-14-12-10-8-6-4-5-7-9-11-13-15-17-28-36-50(38-29-21-18-22-30-38,39-31-23-19-24-32-39)40-33-25-20-26-34-40/h18-26,29-34H,4-17,27-28,35-36H2,1-3H3/q+1. The van der Waals surface area contributed by atoms with Crippen LogP contribution in [0.4, 0.5) is 0 Å².